The zero-order valence-electron chi connectivity index (χ0n) is 21.5. The van der Waals surface area contributed by atoms with Gasteiger partial charge in [0.2, 0.25) is 5.71 Å². The maximum atomic E-state index is 6.60. The standard InChI is InChI=1S/C32H32N2O/c1-7-32(8-2)26-12-10-9-11-21(26)24-15-25-22-14-13-19(5)28(29(22)35-31(25)34-30(24)32)27-16-23(18(3)4)20(6)17-33-27/h9-18H,7-8H2,1-6H3. The van der Waals surface area contributed by atoms with Crippen molar-refractivity contribution in [1.82, 2.24) is 9.97 Å². The Bertz CT molecular complexity index is 1620. The van der Waals surface area contributed by atoms with Crippen LogP contribution in [0.5, 0.6) is 0 Å². The smallest absolute Gasteiger partial charge is 0.227 e. The van der Waals surface area contributed by atoms with Crippen LogP contribution in [0.25, 0.3) is 44.5 Å². The van der Waals surface area contributed by atoms with E-state index in [1.807, 2.05) is 6.20 Å². The number of rotatable bonds is 4. The van der Waals surface area contributed by atoms with Crippen molar-refractivity contribution in [2.45, 2.75) is 65.7 Å². The molecule has 0 N–H and O–H groups in total. The molecule has 3 heteroatoms. The van der Waals surface area contributed by atoms with E-state index in [1.54, 1.807) is 0 Å². The molecule has 0 bridgehead atoms. The second-order valence-corrected chi connectivity index (χ2v) is 10.4. The normalized spacial score (nSPS) is 14.1. The van der Waals surface area contributed by atoms with Crippen molar-refractivity contribution < 1.29 is 4.42 Å². The lowest BCUT2D eigenvalue weighted by molar-refractivity contribution is 0.476. The highest BCUT2D eigenvalue weighted by atomic mass is 16.3. The molecule has 0 amide bonds. The summed E-state index contributed by atoms with van der Waals surface area (Å²) in [6.45, 7) is 13.3. The predicted octanol–water partition coefficient (Wildman–Crippen LogP) is 8.87. The van der Waals surface area contributed by atoms with E-state index in [0.717, 1.165) is 57.4 Å². The van der Waals surface area contributed by atoms with Crippen LogP contribution in [-0.2, 0) is 5.41 Å². The molecule has 1 aliphatic carbocycles. The van der Waals surface area contributed by atoms with Crippen molar-refractivity contribution in [2.75, 3.05) is 0 Å². The van der Waals surface area contributed by atoms with Gasteiger partial charge in [-0.1, -0.05) is 64.1 Å². The van der Waals surface area contributed by atoms with Crippen molar-refractivity contribution in [1.29, 1.82) is 0 Å². The van der Waals surface area contributed by atoms with Gasteiger partial charge in [0.25, 0.3) is 0 Å². The zero-order chi connectivity index (χ0) is 24.5. The molecule has 0 radical (unpaired) electrons. The molecular formula is C32H32N2O. The average Bonchev–Trinajstić information content (AvgIpc) is 3.35. The molecule has 1 aliphatic rings. The Morgan fingerprint density at radius 1 is 0.886 bits per heavy atom. The number of hydrogen-bond donors (Lipinski definition) is 0. The van der Waals surface area contributed by atoms with Gasteiger partial charge in [0, 0.05) is 33.5 Å². The highest BCUT2D eigenvalue weighted by Gasteiger charge is 2.42. The zero-order valence-corrected chi connectivity index (χ0v) is 21.5. The van der Waals surface area contributed by atoms with Crippen LogP contribution in [0.1, 0.15) is 74.4 Å². The first-order valence-corrected chi connectivity index (χ1v) is 12.8. The van der Waals surface area contributed by atoms with Crippen LogP contribution in [-0.4, -0.2) is 9.97 Å². The van der Waals surface area contributed by atoms with Gasteiger partial charge in [-0.05, 0) is 72.6 Å². The summed E-state index contributed by atoms with van der Waals surface area (Å²) >= 11 is 0. The summed E-state index contributed by atoms with van der Waals surface area (Å²) in [4.78, 5) is 10.1. The third kappa shape index (κ3) is 2.97. The van der Waals surface area contributed by atoms with E-state index in [9.17, 15) is 0 Å². The van der Waals surface area contributed by atoms with Crippen LogP contribution in [0.3, 0.4) is 0 Å². The Morgan fingerprint density at radius 2 is 1.66 bits per heavy atom. The lowest BCUT2D eigenvalue weighted by atomic mass is 9.76. The fourth-order valence-corrected chi connectivity index (χ4v) is 6.28. The Morgan fingerprint density at radius 3 is 2.40 bits per heavy atom. The predicted molar refractivity (Wildman–Crippen MR) is 145 cm³/mol. The Hall–Kier alpha value is -3.46. The van der Waals surface area contributed by atoms with Gasteiger partial charge in [-0.3, -0.25) is 4.98 Å². The van der Waals surface area contributed by atoms with Crippen molar-refractivity contribution in [3.05, 3.63) is 82.7 Å². The SMILES string of the molecule is CCC1(CC)c2ccccc2-c2cc3c(nc21)oc1c(-c2cc(C(C)C)c(C)cn2)c(C)ccc13. The van der Waals surface area contributed by atoms with E-state index in [-0.39, 0.29) is 5.41 Å². The van der Waals surface area contributed by atoms with Crippen LogP contribution >= 0.6 is 0 Å². The van der Waals surface area contributed by atoms with Gasteiger partial charge in [0.05, 0.1) is 11.4 Å². The molecule has 5 aromatic rings. The summed E-state index contributed by atoms with van der Waals surface area (Å²) in [6.07, 6.45) is 4.02. The second kappa shape index (κ2) is 7.78. The first kappa shape index (κ1) is 22.0. The molecule has 0 unspecified atom stereocenters. The van der Waals surface area contributed by atoms with Gasteiger partial charge in [0.15, 0.2) is 0 Å². The number of furan rings is 1. The molecule has 35 heavy (non-hydrogen) atoms. The number of pyridine rings is 2. The molecule has 0 saturated heterocycles. The number of aryl methyl sites for hydroxylation is 2. The number of benzene rings is 2. The van der Waals surface area contributed by atoms with Crippen LogP contribution in [0.15, 0.2) is 59.1 Å². The molecule has 0 fully saturated rings. The molecule has 6 rings (SSSR count). The maximum Gasteiger partial charge on any atom is 0.227 e. The van der Waals surface area contributed by atoms with E-state index >= 15 is 0 Å². The van der Waals surface area contributed by atoms with Crippen molar-refractivity contribution in [2.24, 2.45) is 0 Å². The third-order valence-corrected chi connectivity index (χ3v) is 8.26. The molecule has 0 spiro atoms. The fourth-order valence-electron chi connectivity index (χ4n) is 6.28. The van der Waals surface area contributed by atoms with Gasteiger partial charge in [-0.2, -0.15) is 0 Å². The Labute approximate surface area is 207 Å². The molecule has 3 heterocycles. The number of fused-ring (bicyclic) bond motifs is 6. The quantitative estimate of drug-likeness (QED) is 0.269. The van der Waals surface area contributed by atoms with Crippen LogP contribution in [0, 0.1) is 13.8 Å². The van der Waals surface area contributed by atoms with Crippen molar-refractivity contribution >= 4 is 22.1 Å². The largest absolute Gasteiger partial charge is 0.437 e. The van der Waals surface area contributed by atoms with Gasteiger partial charge in [0.1, 0.15) is 5.58 Å². The summed E-state index contributed by atoms with van der Waals surface area (Å²) in [5.41, 5.74) is 12.4. The Kier molecular flexibility index (Phi) is 4.90. The number of aromatic nitrogens is 2. The highest BCUT2D eigenvalue weighted by Crippen LogP contribution is 2.53. The average molecular weight is 461 g/mol. The summed E-state index contributed by atoms with van der Waals surface area (Å²) in [5, 5.41) is 2.18. The van der Waals surface area contributed by atoms with E-state index < -0.39 is 0 Å². The second-order valence-electron chi connectivity index (χ2n) is 10.4. The van der Waals surface area contributed by atoms with Crippen LogP contribution in [0.4, 0.5) is 0 Å². The summed E-state index contributed by atoms with van der Waals surface area (Å²) in [5.74, 6) is 0.438. The lowest BCUT2D eigenvalue weighted by Crippen LogP contribution is -2.24. The summed E-state index contributed by atoms with van der Waals surface area (Å²) in [7, 11) is 0. The minimum absolute atomic E-state index is 0.0669. The molecule has 3 nitrogen and oxygen atoms in total. The maximum absolute atomic E-state index is 6.60. The van der Waals surface area contributed by atoms with Crippen LogP contribution in [0.2, 0.25) is 0 Å². The lowest BCUT2D eigenvalue weighted by Gasteiger charge is -2.28. The number of nitrogens with zero attached hydrogens (tertiary/aromatic N) is 2. The monoisotopic (exact) mass is 460 g/mol. The fraction of sp³-hybridized carbons (Fsp3) is 0.312. The van der Waals surface area contributed by atoms with Crippen molar-refractivity contribution in [3.63, 3.8) is 0 Å². The van der Waals surface area contributed by atoms with Gasteiger partial charge < -0.3 is 4.42 Å². The van der Waals surface area contributed by atoms with E-state index in [2.05, 4.69) is 90.1 Å². The molecule has 0 aliphatic heterocycles. The van der Waals surface area contributed by atoms with Gasteiger partial charge in [-0.25, -0.2) is 4.98 Å². The highest BCUT2D eigenvalue weighted by molar-refractivity contribution is 6.10. The first-order valence-electron chi connectivity index (χ1n) is 12.8. The van der Waals surface area contributed by atoms with Crippen molar-refractivity contribution in [3.8, 4) is 22.4 Å². The third-order valence-electron chi connectivity index (χ3n) is 8.26. The first-order chi connectivity index (χ1) is 16.9. The van der Waals surface area contributed by atoms with Crippen LogP contribution < -0.4 is 0 Å². The van der Waals surface area contributed by atoms with E-state index in [0.29, 0.717) is 5.92 Å². The number of hydrogen-bond acceptors (Lipinski definition) is 3. The Balaban J connectivity index is 1.66. The summed E-state index contributed by atoms with van der Waals surface area (Å²) in [6, 6.07) is 17.7. The summed E-state index contributed by atoms with van der Waals surface area (Å²) < 4.78 is 6.60. The van der Waals surface area contributed by atoms with Gasteiger partial charge >= 0.3 is 0 Å². The molecular weight excluding hydrogens is 428 g/mol. The topological polar surface area (TPSA) is 38.9 Å². The van der Waals surface area contributed by atoms with Gasteiger partial charge in [-0.15, -0.1) is 0 Å². The molecule has 0 atom stereocenters. The molecule has 3 aromatic heterocycles. The molecule has 176 valence electrons. The molecule has 2 aromatic carbocycles. The minimum Gasteiger partial charge on any atom is -0.437 e. The minimum atomic E-state index is -0.0669. The van der Waals surface area contributed by atoms with E-state index in [1.165, 1.54) is 27.8 Å². The van der Waals surface area contributed by atoms with E-state index in [4.69, 9.17) is 14.4 Å². The molecule has 0 saturated carbocycles.